The number of ether oxygens (including phenoxy) is 1. The molecule has 9 heteroatoms. The summed E-state index contributed by atoms with van der Waals surface area (Å²) < 4.78 is 44.9. The highest BCUT2D eigenvalue weighted by molar-refractivity contribution is 7.98. The van der Waals surface area contributed by atoms with E-state index in [2.05, 4.69) is 19.8 Å². The summed E-state index contributed by atoms with van der Waals surface area (Å²) in [6.07, 6.45) is 3.56. The van der Waals surface area contributed by atoms with Crippen LogP contribution in [0.15, 0.2) is 53.7 Å². The van der Waals surface area contributed by atoms with Gasteiger partial charge in [-0.25, -0.2) is 4.39 Å². The number of benzene rings is 2. The first kappa shape index (κ1) is 21.7. The van der Waals surface area contributed by atoms with Crippen LogP contribution in [0.2, 0.25) is 0 Å². The van der Waals surface area contributed by atoms with Crippen LogP contribution < -0.4 is 4.74 Å². The third-order valence-electron chi connectivity index (χ3n) is 5.09. The number of rotatable bonds is 8. The predicted octanol–water partition coefficient (Wildman–Crippen LogP) is 5.29. The van der Waals surface area contributed by atoms with E-state index in [4.69, 9.17) is 0 Å². The van der Waals surface area contributed by atoms with E-state index in [1.807, 2.05) is 10.6 Å². The zero-order chi connectivity index (χ0) is 21.6. The molecule has 0 spiro atoms. The summed E-state index contributed by atoms with van der Waals surface area (Å²) in [5.41, 5.74) is 1.61. The van der Waals surface area contributed by atoms with Gasteiger partial charge in [0.2, 0.25) is 0 Å². The van der Waals surface area contributed by atoms with Crippen LogP contribution in [0.5, 0.6) is 5.75 Å². The molecule has 0 amide bonds. The smallest absolute Gasteiger partial charge is 0.387 e. The molecule has 1 saturated heterocycles. The third-order valence-corrected chi connectivity index (χ3v) is 6.09. The number of hydrogen-bond acceptors (Lipinski definition) is 5. The van der Waals surface area contributed by atoms with E-state index in [1.54, 1.807) is 18.2 Å². The van der Waals surface area contributed by atoms with Gasteiger partial charge in [-0.15, -0.1) is 10.2 Å². The lowest BCUT2D eigenvalue weighted by Crippen LogP contribution is -2.30. The van der Waals surface area contributed by atoms with E-state index in [0.29, 0.717) is 17.5 Å². The van der Waals surface area contributed by atoms with Crippen LogP contribution in [0.1, 0.15) is 30.7 Å². The summed E-state index contributed by atoms with van der Waals surface area (Å²) in [6.45, 7) is -0.185. The molecule has 31 heavy (non-hydrogen) atoms. The van der Waals surface area contributed by atoms with Gasteiger partial charge in [-0.3, -0.25) is 9.47 Å². The molecule has 1 aromatic heterocycles. The topological polar surface area (TPSA) is 43.2 Å². The van der Waals surface area contributed by atoms with Gasteiger partial charge in [0, 0.05) is 11.4 Å². The molecule has 0 saturated carbocycles. The van der Waals surface area contributed by atoms with Crippen LogP contribution in [0.3, 0.4) is 0 Å². The van der Waals surface area contributed by atoms with E-state index in [1.165, 1.54) is 42.4 Å². The van der Waals surface area contributed by atoms with Crippen LogP contribution in [-0.2, 0) is 12.3 Å². The second-order valence-electron chi connectivity index (χ2n) is 7.36. The highest BCUT2D eigenvalue weighted by Gasteiger charge is 2.19. The summed E-state index contributed by atoms with van der Waals surface area (Å²) >= 11 is 1.45. The van der Waals surface area contributed by atoms with Crippen molar-refractivity contribution in [2.24, 2.45) is 0 Å². The van der Waals surface area contributed by atoms with Gasteiger partial charge in [0.15, 0.2) is 11.0 Å². The Bertz CT molecular complexity index is 991. The molecule has 1 fully saturated rings. The third kappa shape index (κ3) is 5.80. The van der Waals surface area contributed by atoms with Crippen LogP contribution in [0.4, 0.5) is 13.2 Å². The Hall–Kier alpha value is -2.52. The molecule has 1 aliphatic heterocycles. The van der Waals surface area contributed by atoms with Crippen molar-refractivity contribution < 1.29 is 17.9 Å². The molecule has 0 atom stereocenters. The predicted molar refractivity (Wildman–Crippen MR) is 113 cm³/mol. The highest BCUT2D eigenvalue weighted by atomic mass is 32.2. The molecule has 164 valence electrons. The highest BCUT2D eigenvalue weighted by Crippen LogP contribution is 2.28. The van der Waals surface area contributed by atoms with Crippen LogP contribution in [0.25, 0.3) is 5.69 Å². The van der Waals surface area contributed by atoms with Gasteiger partial charge in [-0.05, 0) is 67.9 Å². The fourth-order valence-electron chi connectivity index (χ4n) is 3.62. The molecular formula is C22H23F3N4OS. The van der Waals surface area contributed by atoms with E-state index >= 15 is 0 Å². The lowest BCUT2D eigenvalue weighted by Gasteiger charge is -2.26. The molecule has 2 aromatic carbocycles. The number of nitrogens with zero attached hydrogens (tertiary/aromatic N) is 4. The van der Waals surface area contributed by atoms with Gasteiger partial charge < -0.3 is 4.74 Å². The fourth-order valence-corrected chi connectivity index (χ4v) is 4.54. The van der Waals surface area contributed by atoms with Crippen LogP contribution in [0, 0.1) is 5.82 Å². The molecule has 0 bridgehead atoms. The molecule has 0 aliphatic carbocycles. The maximum atomic E-state index is 13.5. The first-order valence-corrected chi connectivity index (χ1v) is 11.2. The summed E-state index contributed by atoms with van der Waals surface area (Å²) in [5, 5.41) is 9.45. The monoisotopic (exact) mass is 448 g/mol. The Morgan fingerprint density at radius 1 is 1.00 bits per heavy atom. The zero-order valence-corrected chi connectivity index (χ0v) is 17.7. The lowest BCUT2D eigenvalue weighted by atomic mass is 10.1. The Morgan fingerprint density at radius 3 is 2.48 bits per heavy atom. The van der Waals surface area contributed by atoms with Crippen molar-refractivity contribution in [3.05, 3.63) is 65.7 Å². The molecule has 0 unspecified atom stereocenters. The first-order chi connectivity index (χ1) is 15.1. The van der Waals surface area contributed by atoms with Gasteiger partial charge in [0.05, 0.1) is 6.54 Å². The quantitative estimate of drug-likeness (QED) is 0.439. The molecule has 4 rings (SSSR count). The minimum Gasteiger partial charge on any atom is -0.435 e. The number of hydrogen-bond donors (Lipinski definition) is 0. The van der Waals surface area contributed by atoms with E-state index in [9.17, 15) is 13.2 Å². The molecule has 5 nitrogen and oxygen atoms in total. The average molecular weight is 449 g/mol. The number of piperidine rings is 1. The number of halogens is 3. The Kier molecular flexibility index (Phi) is 7.14. The number of alkyl halides is 2. The van der Waals surface area contributed by atoms with Crippen molar-refractivity contribution in [2.75, 3.05) is 13.1 Å². The van der Waals surface area contributed by atoms with Gasteiger partial charge >= 0.3 is 6.61 Å². The average Bonchev–Trinajstić information content (AvgIpc) is 3.15. The first-order valence-electron chi connectivity index (χ1n) is 10.2. The number of thioether (sulfide) groups is 1. The van der Waals surface area contributed by atoms with Crippen molar-refractivity contribution in [1.82, 2.24) is 19.7 Å². The van der Waals surface area contributed by atoms with E-state index < -0.39 is 6.61 Å². The Balaban J connectivity index is 1.59. The van der Waals surface area contributed by atoms with E-state index in [-0.39, 0.29) is 11.6 Å². The van der Waals surface area contributed by atoms with Crippen molar-refractivity contribution in [3.63, 3.8) is 0 Å². The van der Waals surface area contributed by atoms with E-state index in [0.717, 1.165) is 43.0 Å². The second kappa shape index (κ2) is 10.2. The van der Waals surface area contributed by atoms with Crippen molar-refractivity contribution in [1.29, 1.82) is 0 Å². The Morgan fingerprint density at radius 2 is 1.77 bits per heavy atom. The zero-order valence-electron chi connectivity index (χ0n) is 16.9. The summed E-state index contributed by atoms with van der Waals surface area (Å²) in [5.74, 6) is 1.14. The number of aromatic nitrogens is 3. The maximum Gasteiger partial charge on any atom is 0.387 e. The van der Waals surface area contributed by atoms with Gasteiger partial charge in [0.1, 0.15) is 11.6 Å². The van der Waals surface area contributed by atoms with Crippen molar-refractivity contribution in [3.8, 4) is 11.4 Å². The van der Waals surface area contributed by atoms with Crippen molar-refractivity contribution in [2.45, 2.75) is 43.3 Å². The fraction of sp³-hybridized carbons (Fsp3) is 0.364. The molecular weight excluding hydrogens is 425 g/mol. The number of likely N-dealkylation sites (tertiary alicyclic amines) is 1. The molecule has 2 heterocycles. The minimum absolute atomic E-state index is 0.0957. The van der Waals surface area contributed by atoms with Gasteiger partial charge in [0.25, 0.3) is 0 Å². The summed E-state index contributed by atoms with van der Waals surface area (Å²) in [6, 6.07) is 12.9. The molecule has 3 aromatic rings. The van der Waals surface area contributed by atoms with Gasteiger partial charge in [-0.1, -0.05) is 30.3 Å². The SMILES string of the molecule is Fc1cccc(CSc2nnc(CN3CCCCC3)n2-c2ccc(OC(F)F)cc2)c1. The van der Waals surface area contributed by atoms with Crippen LogP contribution in [-0.4, -0.2) is 39.4 Å². The molecule has 0 N–H and O–H groups in total. The van der Waals surface area contributed by atoms with Gasteiger partial charge in [-0.2, -0.15) is 8.78 Å². The minimum atomic E-state index is -2.87. The molecule has 1 aliphatic rings. The maximum absolute atomic E-state index is 13.5. The van der Waals surface area contributed by atoms with Crippen LogP contribution >= 0.6 is 11.8 Å². The second-order valence-corrected chi connectivity index (χ2v) is 8.30. The Labute approximate surface area is 183 Å². The standard InChI is InChI=1S/C22H23F3N4OS/c23-17-6-4-5-16(13-17)15-31-22-27-26-20(14-28-11-2-1-3-12-28)29(22)18-7-9-19(10-8-18)30-21(24)25/h4-10,13,21H,1-3,11-12,14-15H2. The summed E-state index contributed by atoms with van der Waals surface area (Å²) in [4.78, 5) is 2.35. The molecule has 0 radical (unpaired) electrons. The lowest BCUT2D eigenvalue weighted by molar-refractivity contribution is -0.0498. The van der Waals surface area contributed by atoms with Crippen molar-refractivity contribution >= 4 is 11.8 Å². The summed E-state index contributed by atoms with van der Waals surface area (Å²) in [7, 11) is 0. The normalized spacial score (nSPS) is 14.8. The largest absolute Gasteiger partial charge is 0.435 e.